The molecular weight excluding hydrogens is 262 g/mol. The van der Waals surface area contributed by atoms with E-state index in [1.807, 2.05) is 42.5 Å². The molecule has 2 rings (SSSR count). The van der Waals surface area contributed by atoms with Crippen LogP contribution in [0.2, 0.25) is 0 Å². The maximum Gasteiger partial charge on any atom is 0.118 e. The average molecular weight is 285 g/mol. The number of nitrogens with one attached hydrogen (secondary N) is 1. The number of ether oxygens (including phenoxy) is 1. The molecule has 0 amide bonds. The summed E-state index contributed by atoms with van der Waals surface area (Å²) in [5, 5.41) is 13.5. The second kappa shape index (κ2) is 7.81. The summed E-state index contributed by atoms with van der Waals surface area (Å²) in [7, 11) is 1.67. The third kappa shape index (κ3) is 4.88. The Labute approximate surface area is 126 Å². The van der Waals surface area contributed by atoms with Gasteiger partial charge in [-0.1, -0.05) is 42.5 Å². The zero-order valence-electron chi connectivity index (χ0n) is 12.6. The van der Waals surface area contributed by atoms with Crippen LogP contribution in [0.5, 0.6) is 5.75 Å². The molecule has 0 heterocycles. The smallest absolute Gasteiger partial charge is 0.118 e. The van der Waals surface area contributed by atoms with E-state index < -0.39 is 6.10 Å². The van der Waals surface area contributed by atoms with E-state index in [9.17, 15) is 5.11 Å². The third-order valence-corrected chi connectivity index (χ3v) is 3.54. The molecule has 112 valence electrons. The van der Waals surface area contributed by atoms with Gasteiger partial charge in [0.1, 0.15) is 5.75 Å². The van der Waals surface area contributed by atoms with Crippen molar-refractivity contribution in [1.29, 1.82) is 0 Å². The number of hydrogen-bond acceptors (Lipinski definition) is 3. The van der Waals surface area contributed by atoms with Gasteiger partial charge in [-0.25, -0.2) is 0 Å². The van der Waals surface area contributed by atoms with Crippen molar-refractivity contribution in [3.63, 3.8) is 0 Å². The van der Waals surface area contributed by atoms with E-state index in [2.05, 4.69) is 24.4 Å². The van der Waals surface area contributed by atoms with Gasteiger partial charge in [-0.3, -0.25) is 0 Å². The Balaban J connectivity index is 1.80. The number of aliphatic hydroxyl groups excluding tert-OH is 1. The molecule has 0 aliphatic rings. The Kier molecular flexibility index (Phi) is 5.78. The molecule has 2 atom stereocenters. The maximum atomic E-state index is 10.1. The average Bonchev–Trinajstić information content (AvgIpc) is 2.54. The van der Waals surface area contributed by atoms with Gasteiger partial charge in [-0.15, -0.1) is 0 Å². The highest BCUT2D eigenvalue weighted by Gasteiger charge is 2.09. The second-order valence-electron chi connectivity index (χ2n) is 5.29. The molecule has 2 aromatic carbocycles. The minimum atomic E-state index is -0.468. The van der Waals surface area contributed by atoms with Crippen LogP contribution in [-0.4, -0.2) is 24.8 Å². The van der Waals surface area contributed by atoms with Crippen LogP contribution >= 0.6 is 0 Å². The van der Waals surface area contributed by atoms with Gasteiger partial charge in [-0.05, 0) is 36.6 Å². The normalized spacial score (nSPS) is 13.7. The van der Waals surface area contributed by atoms with Crippen LogP contribution in [0.25, 0.3) is 0 Å². The van der Waals surface area contributed by atoms with E-state index in [0.717, 1.165) is 17.7 Å². The first-order chi connectivity index (χ1) is 10.2. The van der Waals surface area contributed by atoms with Gasteiger partial charge in [0, 0.05) is 12.6 Å². The first kappa shape index (κ1) is 15.5. The highest BCUT2D eigenvalue weighted by molar-refractivity contribution is 5.27. The fraction of sp³-hybridized carbons (Fsp3) is 0.333. The van der Waals surface area contributed by atoms with Gasteiger partial charge in [0.15, 0.2) is 0 Å². The molecular formula is C18H23NO2. The SMILES string of the molecule is COc1ccc(CC(C)NCC(O)c2ccccc2)cc1. The Morgan fingerprint density at radius 2 is 1.71 bits per heavy atom. The van der Waals surface area contributed by atoms with Crippen molar-refractivity contribution in [3.8, 4) is 5.75 Å². The molecule has 0 fully saturated rings. The summed E-state index contributed by atoms with van der Waals surface area (Å²) in [6.45, 7) is 2.68. The summed E-state index contributed by atoms with van der Waals surface area (Å²) in [4.78, 5) is 0. The predicted molar refractivity (Wildman–Crippen MR) is 85.6 cm³/mol. The molecule has 0 saturated carbocycles. The van der Waals surface area contributed by atoms with Gasteiger partial charge in [0.25, 0.3) is 0 Å². The van der Waals surface area contributed by atoms with Crippen molar-refractivity contribution in [2.45, 2.75) is 25.5 Å². The van der Waals surface area contributed by atoms with E-state index in [0.29, 0.717) is 12.6 Å². The minimum Gasteiger partial charge on any atom is -0.497 e. The lowest BCUT2D eigenvalue weighted by Gasteiger charge is -2.17. The van der Waals surface area contributed by atoms with Crippen LogP contribution in [-0.2, 0) is 6.42 Å². The van der Waals surface area contributed by atoms with Crippen molar-refractivity contribution in [1.82, 2.24) is 5.32 Å². The Morgan fingerprint density at radius 3 is 2.33 bits per heavy atom. The summed E-state index contributed by atoms with van der Waals surface area (Å²) < 4.78 is 5.15. The third-order valence-electron chi connectivity index (χ3n) is 3.54. The lowest BCUT2D eigenvalue weighted by atomic mass is 10.1. The summed E-state index contributed by atoms with van der Waals surface area (Å²) in [5.41, 5.74) is 2.20. The molecule has 0 spiro atoms. The lowest BCUT2D eigenvalue weighted by molar-refractivity contribution is 0.170. The number of methoxy groups -OCH3 is 1. The first-order valence-corrected chi connectivity index (χ1v) is 7.28. The molecule has 3 nitrogen and oxygen atoms in total. The molecule has 0 radical (unpaired) electrons. The molecule has 3 heteroatoms. The van der Waals surface area contributed by atoms with Gasteiger partial charge >= 0.3 is 0 Å². The Bertz CT molecular complexity index is 525. The fourth-order valence-electron chi connectivity index (χ4n) is 2.29. The Morgan fingerprint density at radius 1 is 1.05 bits per heavy atom. The number of aliphatic hydroxyl groups is 1. The van der Waals surface area contributed by atoms with E-state index in [-0.39, 0.29) is 0 Å². The van der Waals surface area contributed by atoms with E-state index >= 15 is 0 Å². The van der Waals surface area contributed by atoms with Crippen LogP contribution in [0, 0.1) is 0 Å². The van der Waals surface area contributed by atoms with Crippen molar-refractivity contribution in [3.05, 3.63) is 65.7 Å². The van der Waals surface area contributed by atoms with Gasteiger partial charge < -0.3 is 15.2 Å². The monoisotopic (exact) mass is 285 g/mol. The van der Waals surface area contributed by atoms with Crippen molar-refractivity contribution >= 4 is 0 Å². The first-order valence-electron chi connectivity index (χ1n) is 7.28. The number of benzene rings is 2. The van der Waals surface area contributed by atoms with Gasteiger partial charge in [0.2, 0.25) is 0 Å². The summed E-state index contributed by atoms with van der Waals surface area (Å²) in [5.74, 6) is 0.874. The van der Waals surface area contributed by atoms with Gasteiger partial charge in [-0.2, -0.15) is 0 Å². The highest BCUT2D eigenvalue weighted by Crippen LogP contribution is 2.14. The van der Waals surface area contributed by atoms with Gasteiger partial charge in [0.05, 0.1) is 13.2 Å². The zero-order chi connectivity index (χ0) is 15.1. The molecule has 2 aromatic rings. The molecule has 2 N–H and O–H groups in total. The molecule has 0 aromatic heterocycles. The quantitative estimate of drug-likeness (QED) is 0.822. The molecule has 0 aliphatic carbocycles. The number of rotatable bonds is 7. The lowest BCUT2D eigenvalue weighted by Crippen LogP contribution is -2.32. The van der Waals surface area contributed by atoms with Crippen LogP contribution in [0.15, 0.2) is 54.6 Å². The molecule has 0 bridgehead atoms. The second-order valence-corrected chi connectivity index (χ2v) is 5.29. The largest absolute Gasteiger partial charge is 0.497 e. The maximum absolute atomic E-state index is 10.1. The van der Waals surface area contributed by atoms with Crippen LogP contribution in [0.4, 0.5) is 0 Å². The summed E-state index contributed by atoms with van der Waals surface area (Å²) in [6.07, 6.45) is 0.454. The Hall–Kier alpha value is -1.84. The van der Waals surface area contributed by atoms with Crippen molar-refractivity contribution in [2.24, 2.45) is 0 Å². The number of hydrogen-bond donors (Lipinski definition) is 2. The topological polar surface area (TPSA) is 41.5 Å². The zero-order valence-corrected chi connectivity index (χ0v) is 12.6. The minimum absolute atomic E-state index is 0.303. The fourth-order valence-corrected chi connectivity index (χ4v) is 2.29. The van der Waals surface area contributed by atoms with Crippen molar-refractivity contribution in [2.75, 3.05) is 13.7 Å². The van der Waals surface area contributed by atoms with E-state index in [4.69, 9.17) is 4.74 Å². The molecule has 21 heavy (non-hydrogen) atoms. The molecule has 0 aliphatic heterocycles. The predicted octanol–water partition coefficient (Wildman–Crippen LogP) is 2.95. The van der Waals surface area contributed by atoms with E-state index in [1.165, 1.54) is 5.56 Å². The molecule has 0 saturated heterocycles. The van der Waals surface area contributed by atoms with Crippen LogP contribution in [0.3, 0.4) is 0 Å². The summed E-state index contributed by atoms with van der Waals surface area (Å²) >= 11 is 0. The summed E-state index contributed by atoms with van der Waals surface area (Å²) in [6, 6.07) is 18.1. The van der Waals surface area contributed by atoms with Crippen molar-refractivity contribution < 1.29 is 9.84 Å². The molecule has 2 unspecified atom stereocenters. The van der Waals surface area contributed by atoms with Crippen LogP contribution < -0.4 is 10.1 Å². The van der Waals surface area contributed by atoms with E-state index in [1.54, 1.807) is 7.11 Å². The standard InChI is InChI=1S/C18H23NO2/c1-14(12-15-8-10-17(21-2)11-9-15)19-13-18(20)16-6-4-3-5-7-16/h3-11,14,18-20H,12-13H2,1-2H3. The highest BCUT2D eigenvalue weighted by atomic mass is 16.5. The van der Waals surface area contributed by atoms with Crippen LogP contribution in [0.1, 0.15) is 24.2 Å².